The van der Waals surface area contributed by atoms with E-state index in [9.17, 15) is 14.4 Å². The summed E-state index contributed by atoms with van der Waals surface area (Å²) in [4.78, 5) is 35.3. The van der Waals surface area contributed by atoms with Crippen LogP contribution in [-0.2, 0) is 9.59 Å². The van der Waals surface area contributed by atoms with Gasteiger partial charge in [-0.15, -0.1) is 0 Å². The molecule has 0 bridgehead atoms. The number of hydrogen-bond acceptors (Lipinski definition) is 4. The van der Waals surface area contributed by atoms with Crippen LogP contribution < -0.4 is 5.32 Å². The molecule has 8 heteroatoms. The predicted octanol–water partition coefficient (Wildman–Crippen LogP) is 0.840. The van der Waals surface area contributed by atoms with E-state index in [-0.39, 0.29) is 24.1 Å². The highest BCUT2D eigenvalue weighted by molar-refractivity contribution is 8.00. The first kappa shape index (κ1) is 16.6. The summed E-state index contributed by atoms with van der Waals surface area (Å²) in [5.41, 5.74) is 0. The van der Waals surface area contributed by atoms with E-state index in [0.717, 1.165) is 5.75 Å². The van der Waals surface area contributed by atoms with Gasteiger partial charge in [0, 0.05) is 30.0 Å². The van der Waals surface area contributed by atoms with Crippen LogP contribution in [0.25, 0.3) is 0 Å². The van der Waals surface area contributed by atoms with Gasteiger partial charge in [-0.3, -0.25) is 4.79 Å². The topological polar surface area (TPSA) is 107 Å². The molecule has 1 fully saturated rings. The van der Waals surface area contributed by atoms with Crippen molar-refractivity contribution >= 4 is 29.7 Å². The second-order valence-electron chi connectivity index (χ2n) is 4.78. The molecule has 3 unspecified atom stereocenters. The van der Waals surface area contributed by atoms with E-state index in [1.165, 1.54) is 0 Å². The average Bonchev–Trinajstić information content (AvgIpc) is 2.36. The zero-order valence-electron chi connectivity index (χ0n) is 11.5. The Morgan fingerprint density at radius 1 is 1.35 bits per heavy atom. The summed E-state index contributed by atoms with van der Waals surface area (Å²) < 4.78 is 0. The van der Waals surface area contributed by atoms with Gasteiger partial charge in [-0.2, -0.15) is 11.8 Å². The Morgan fingerprint density at radius 2 is 2.00 bits per heavy atom. The largest absolute Gasteiger partial charge is 0.481 e. The molecular weight excluding hydrogens is 284 g/mol. The van der Waals surface area contributed by atoms with E-state index in [4.69, 9.17) is 10.2 Å². The third-order valence-electron chi connectivity index (χ3n) is 3.39. The number of thioether (sulfide) groups is 1. The molecule has 20 heavy (non-hydrogen) atoms. The molecule has 0 aliphatic carbocycles. The Labute approximate surface area is 121 Å². The van der Waals surface area contributed by atoms with E-state index < -0.39 is 24.0 Å². The molecule has 1 rings (SSSR count). The van der Waals surface area contributed by atoms with Gasteiger partial charge in [0.15, 0.2) is 0 Å². The van der Waals surface area contributed by atoms with Crippen molar-refractivity contribution in [1.82, 2.24) is 10.2 Å². The van der Waals surface area contributed by atoms with Crippen LogP contribution in [0.3, 0.4) is 0 Å². The molecule has 1 saturated heterocycles. The van der Waals surface area contributed by atoms with E-state index in [1.54, 1.807) is 16.7 Å². The van der Waals surface area contributed by atoms with Gasteiger partial charge in [0.1, 0.15) is 6.04 Å². The second-order valence-corrected chi connectivity index (χ2v) is 6.27. The third-order valence-corrected chi connectivity index (χ3v) is 4.73. The summed E-state index contributed by atoms with van der Waals surface area (Å²) in [5.74, 6) is -1.49. The summed E-state index contributed by atoms with van der Waals surface area (Å²) in [6.07, 6.45) is -0.415. The highest BCUT2D eigenvalue weighted by Crippen LogP contribution is 2.24. The van der Waals surface area contributed by atoms with Crippen LogP contribution >= 0.6 is 11.8 Å². The number of aliphatic carboxylic acids is 2. The van der Waals surface area contributed by atoms with Crippen molar-refractivity contribution in [2.45, 2.75) is 44.0 Å². The number of rotatable bonds is 5. The van der Waals surface area contributed by atoms with Crippen LogP contribution in [0.1, 0.15) is 26.7 Å². The highest BCUT2D eigenvalue weighted by Gasteiger charge is 2.31. The summed E-state index contributed by atoms with van der Waals surface area (Å²) in [6, 6.07) is -1.60. The van der Waals surface area contributed by atoms with E-state index >= 15 is 0 Å². The number of amides is 2. The first-order valence-electron chi connectivity index (χ1n) is 6.46. The van der Waals surface area contributed by atoms with Crippen molar-refractivity contribution in [3.8, 4) is 0 Å². The smallest absolute Gasteiger partial charge is 0.326 e. The number of carboxylic acids is 2. The number of nitrogens with zero attached hydrogens (tertiary/aromatic N) is 1. The summed E-state index contributed by atoms with van der Waals surface area (Å²) in [5, 5.41) is 20.3. The fourth-order valence-corrected chi connectivity index (χ4v) is 3.08. The van der Waals surface area contributed by atoms with Crippen molar-refractivity contribution < 1.29 is 24.6 Å². The van der Waals surface area contributed by atoms with Crippen molar-refractivity contribution in [1.29, 1.82) is 0 Å². The molecular formula is C12H20N2O5S. The van der Waals surface area contributed by atoms with Crippen molar-refractivity contribution in [2.24, 2.45) is 0 Å². The van der Waals surface area contributed by atoms with E-state index in [2.05, 4.69) is 5.32 Å². The standard InChI is InChI=1S/C12H20N2O5S/c1-7-8(2)20-6-5-14(7)12(19)13-9(11(17)18)3-4-10(15)16/h7-9H,3-6H2,1-2H3,(H,13,19)(H,15,16)(H,17,18). The maximum Gasteiger partial charge on any atom is 0.326 e. The van der Waals surface area contributed by atoms with Gasteiger partial charge in [0.05, 0.1) is 0 Å². The molecule has 3 N–H and O–H groups in total. The first-order chi connectivity index (χ1) is 9.32. The van der Waals surface area contributed by atoms with Gasteiger partial charge in [-0.05, 0) is 13.3 Å². The molecule has 114 valence electrons. The number of hydrogen-bond donors (Lipinski definition) is 3. The Morgan fingerprint density at radius 3 is 2.55 bits per heavy atom. The number of nitrogens with one attached hydrogen (secondary N) is 1. The monoisotopic (exact) mass is 304 g/mol. The molecule has 2 amide bonds. The fourth-order valence-electron chi connectivity index (χ4n) is 1.98. The van der Waals surface area contributed by atoms with Crippen LogP contribution in [0, 0.1) is 0 Å². The summed E-state index contributed by atoms with van der Waals surface area (Å²) in [6.45, 7) is 4.50. The maximum atomic E-state index is 12.1. The predicted molar refractivity (Wildman–Crippen MR) is 74.9 cm³/mol. The molecule has 1 aliphatic rings. The minimum absolute atomic E-state index is 0.0164. The van der Waals surface area contributed by atoms with Crippen LogP contribution in [0.4, 0.5) is 4.79 Å². The lowest BCUT2D eigenvalue weighted by atomic mass is 10.1. The average molecular weight is 304 g/mol. The van der Waals surface area contributed by atoms with Gasteiger partial charge in [0.25, 0.3) is 0 Å². The zero-order chi connectivity index (χ0) is 15.3. The maximum absolute atomic E-state index is 12.1. The number of urea groups is 1. The van der Waals surface area contributed by atoms with Crippen LogP contribution in [0.2, 0.25) is 0 Å². The highest BCUT2D eigenvalue weighted by atomic mass is 32.2. The molecule has 1 heterocycles. The quantitative estimate of drug-likeness (QED) is 0.695. The summed E-state index contributed by atoms with van der Waals surface area (Å²) in [7, 11) is 0. The van der Waals surface area contributed by atoms with Crippen LogP contribution in [0.15, 0.2) is 0 Å². The van der Waals surface area contributed by atoms with Crippen molar-refractivity contribution in [3.05, 3.63) is 0 Å². The Hall–Kier alpha value is -1.44. The first-order valence-corrected chi connectivity index (χ1v) is 7.51. The lowest BCUT2D eigenvalue weighted by Crippen LogP contribution is -2.55. The van der Waals surface area contributed by atoms with E-state index in [1.807, 2.05) is 13.8 Å². The molecule has 0 radical (unpaired) electrons. The van der Waals surface area contributed by atoms with Crippen LogP contribution in [-0.4, -0.2) is 62.7 Å². The Balaban J connectivity index is 2.60. The normalized spacial score (nSPS) is 24.0. The van der Waals surface area contributed by atoms with Gasteiger partial charge >= 0.3 is 18.0 Å². The molecule has 3 atom stereocenters. The Bertz CT molecular complexity index is 390. The van der Waals surface area contributed by atoms with Crippen LogP contribution in [0.5, 0.6) is 0 Å². The number of carbonyl (C=O) groups is 3. The fraction of sp³-hybridized carbons (Fsp3) is 0.750. The number of carboxylic acid groups (broad SMARTS) is 2. The van der Waals surface area contributed by atoms with Gasteiger partial charge in [0.2, 0.25) is 0 Å². The molecule has 0 aromatic carbocycles. The molecule has 1 aliphatic heterocycles. The minimum atomic E-state index is -1.22. The molecule has 0 aromatic heterocycles. The Kier molecular flexibility index (Phi) is 6.12. The lowest BCUT2D eigenvalue weighted by Gasteiger charge is -2.37. The zero-order valence-corrected chi connectivity index (χ0v) is 12.4. The van der Waals surface area contributed by atoms with E-state index in [0.29, 0.717) is 6.54 Å². The second kappa shape index (κ2) is 7.37. The molecule has 0 saturated carbocycles. The van der Waals surface area contributed by atoms with Gasteiger partial charge in [-0.25, -0.2) is 9.59 Å². The SMILES string of the molecule is CC1SCCN(C(=O)NC(CCC(=O)O)C(=O)O)C1C. The third kappa shape index (κ3) is 4.59. The molecule has 7 nitrogen and oxygen atoms in total. The minimum Gasteiger partial charge on any atom is -0.481 e. The summed E-state index contributed by atoms with van der Waals surface area (Å²) >= 11 is 1.77. The number of carbonyl (C=O) groups excluding carboxylic acids is 1. The van der Waals surface area contributed by atoms with Crippen molar-refractivity contribution in [2.75, 3.05) is 12.3 Å². The molecule has 0 aromatic rings. The molecule has 0 spiro atoms. The van der Waals surface area contributed by atoms with Crippen molar-refractivity contribution in [3.63, 3.8) is 0 Å². The van der Waals surface area contributed by atoms with Gasteiger partial charge < -0.3 is 20.4 Å². The lowest BCUT2D eigenvalue weighted by molar-refractivity contribution is -0.140. The van der Waals surface area contributed by atoms with Gasteiger partial charge in [-0.1, -0.05) is 6.92 Å².